The van der Waals surface area contributed by atoms with Gasteiger partial charge in [0, 0.05) is 22.8 Å². The van der Waals surface area contributed by atoms with Gasteiger partial charge in [-0.1, -0.05) is 31.9 Å². The summed E-state index contributed by atoms with van der Waals surface area (Å²) in [5.74, 6) is 0.547. The van der Waals surface area contributed by atoms with Gasteiger partial charge < -0.3 is 5.73 Å². The average molecular weight is 280 g/mol. The Kier molecular flexibility index (Phi) is 3.86. The predicted molar refractivity (Wildman–Crippen MR) is 87.0 cm³/mol. The van der Waals surface area contributed by atoms with Crippen molar-refractivity contribution in [2.75, 3.05) is 5.73 Å². The molecular formula is C17H20N4. The fourth-order valence-electron chi connectivity index (χ4n) is 2.65. The monoisotopic (exact) mass is 280 g/mol. The van der Waals surface area contributed by atoms with Crippen LogP contribution in [0.3, 0.4) is 0 Å². The number of aromatic nitrogens is 3. The van der Waals surface area contributed by atoms with Crippen LogP contribution in [0.2, 0.25) is 0 Å². The minimum atomic E-state index is 0.547. The first-order chi connectivity index (χ1) is 10.3. The topological polar surface area (TPSA) is 67.6 Å². The number of pyridine rings is 1. The predicted octanol–water partition coefficient (Wildman–Crippen LogP) is 3.94. The van der Waals surface area contributed by atoms with Gasteiger partial charge in [0.1, 0.15) is 0 Å². The summed E-state index contributed by atoms with van der Waals surface area (Å²) in [6.07, 6.45) is 6.54. The molecule has 0 amide bonds. The average Bonchev–Trinajstić information content (AvgIpc) is 2.89. The zero-order valence-corrected chi connectivity index (χ0v) is 12.3. The van der Waals surface area contributed by atoms with Gasteiger partial charge >= 0.3 is 0 Å². The zero-order valence-electron chi connectivity index (χ0n) is 12.3. The number of nitrogens with two attached hydrogens (primary N) is 1. The van der Waals surface area contributed by atoms with Crippen LogP contribution in [0, 0.1) is 0 Å². The van der Waals surface area contributed by atoms with Gasteiger partial charge in [-0.2, -0.15) is 5.10 Å². The lowest BCUT2D eigenvalue weighted by Gasteiger charge is -2.08. The number of anilines is 1. The summed E-state index contributed by atoms with van der Waals surface area (Å²) in [5.41, 5.74) is 10.3. The van der Waals surface area contributed by atoms with Gasteiger partial charge in [0.25, 0.3) is 0 Å². The molecule has 1 aromatic carbocycles. The molecule has 108 valence electrons. The van der Waals surface area contributed by atoms with Crippen LogP contribution in [0.4, 0.5) is 5.82 Å². The second-order valence-corrected chi connectivity index (χ2v) is 5.32. The second-order valence-electron chi connectivity index (χ2n) is 5.32. The van der Waals surface area contributed by atoms with Crippen LogP contribution < -0.4 is 5.73 Å². The highest BCUT2D eigenvalue weighted by atomic mass is 15.1. The summed E-state index contributed by atoms with van der Waals surface area (Å²) >= 11 is 0. The number of benzene rings is 1. The van der Waals surface area contributed by atoms with E-state index in [1.54, 1.807) is 0 Å². The summed E-state index contributed by atoms with van der Waals surface area (Å²) in [7, 11) is 0. The van der Waals surface area contributed by atoms with E-state index < -0.39 is 0 Å². The lowest BCUT2D eigenvalue weighted by Crippen LogP contribution is -1.94. The maximum atomic E-state index is 5.82. The highest BCUT2D eigenvalue weighted by Gasteiger charge is 2.08. The van der Waals surface area contributed by atoms with Crippen molar-refractivity contribution < 1.29 is 0 Å². The zero-order chi connectivity index (χ0) is 14.7. The number of rotatable bonds is 5. The van der Waals surface area contributed by atoms with Crippen molar-refractivity contribution >= 4 is 16.7 Å². The molecule has 4 nitrogen and oxygen atoms in total. The Hall–Kier alpha value is -2.36. The van der Waals surface area contributed by atoms with E-state index in [-0.39, 0.29) is 0 Å². The molecule has 3 aromatic rings. The third-order valence-corrected chi connectivity index (χ3v) is 3.81. The summed E-state index contributed by atoms with van der Waals surface area (Å²) in [6, 6.07) is 10.3. The van der Waals surface area contributed by atoms with E-state index in [1.165, 1.54) is 24.8 Å². The van der Waals surface area contributed by atoms with E-state index in [9.17, 15) is 0 Å². The number of hydrogen-bond donors (Lipinski definition) is 2. The van der Waals surface area contributed by atoms with Gasteiger partial charge in [-0.05, 0) is 36.6 Å². The summed E-state index contributed by atoms with van der Waals surface area (Å²) in [5, 5.41) is 7.99. The molecule has 0 saturated heterocycles. The highest BCUT2D eigenvalue weighted by Crippen LogP contribution is 2.28. The molecule has 0 unspecified atom stereocenters. The maximum Gasteiger partial charge on any atom is 0.153 e. The minimum Gasteiger partial charge on any atom is -0.382 e. The number of nitrogens with zero attached hydrogens (tertiary/aromatic N) is 2. The Morgan fingerprint density at radius 2 is 2.10 bits per heavy atom. The number of hydrogen-bond acceptors (Lipinski definition) is 3. The molecule has 0 aliphatic heterocycles. The van der Waals surface area contributed by atoms with Gasteiger partial charge in [0.05, 0.1) is 5.52 Å². The molecule has 4 heteroatoms. The SMILES string of the molecule is CCCCCc1ncccc1-c1ccc2c(N)n[nH]c2c1. The van der Waals surface area contributed by atoms with Crippen molar-refractivity contribution in [3.63, 3.8) is 0 Å². The van der Waals surface area contributed by atoms with E-state index >= 15 is 0 Å². The summed E-state index contributed by atoms with van der Waals surface area (Å²) in [4.78, 5) is 4.56. The van der Waals surface area contributed by atoms with Crippen molar-refractivity contribution in [3.8, 4) is 11.1 Å². The fourth-order valence-corrected chi connectivity index (χ4v) is 2.65. The molecule has 2 heterocycles. The van der Waals surface area contributed by atoms with Gasteiger partial charge in [-0.3, -0.25) is 10.1 Å². The summed E-state index contributed by atoms with van der Waals surface area (Å²) < 4.78 is 0. The van der Waals surface area contributed by atoms with Crippen LogP contribution in [-0.2, 0) is 6.42 Å². The largest absolute Gasteiger partial charge is 0.382 e. The molecule has 0 saturated carbocycles. The maximum absolute atomic E-state index is 5.82. The summed E-state index contributed by atoms with van der Waals surface area (Å²) in [6.45, 7) is 2.22. The van der Waals surface area contributed by atoms with Gasteiger partial charge in [0.15, 0.2) is 5.82 Å². The van der Waals surface area contributed by atoms with Crippen LogP contribution in [-0.4, -0.2) is 15.2 Å². The van der Waals surface area contributed by atoms with Crippen molar-refractivity contribution in [2.45, 2.75) is 32.6 Å². The van der Waals surface area contributed by atoms with Gasteiger partial charge in [-0.15, -0.1) is 0 Å². The first kappa shape index (κ1) is 13.6. The minimum absolute atomic E-state index is 0.547. The van der Waals surface area contributed by atoms with Crippen molar-refractivity contribution in [3.05, 3.63) is 42.2 Å². The first-order valence-electron chi connectivity index (χ1n) is 7.47. The Bertz CT molecular complexity index is 745. The molecule has 0 atom stereocenters. The molecule has 0 fully saturated rings. The van der Waals surface area contributed by atoms with Crippen molar-refractivity contribution in [1.29, 1.82) is 0 Å². The van der Waals surface area contributed by atoms with Gasteiger partial charge in [-0.25, -0.2) is 0 Å². The third-order valence-electron chi connectivity index (χ3n) is 3.81. The Morgan fingerprint density at radius 1 is 1.19 bits per heavy atom. The van der Waals surface area contributed by atoms with Gasteiger partial charge in [0.2, 0.25) is 0 Å². The molecule has 3 rings (SSSR count). The number of nitrogens with one attached hydrogen (secondary N) is 1. The molecule has 21 heavy (non-hydrogen) atoms. The van der Waals surface area contributed by atoms with Crippen LogP contribution in [0.15, 0.2) is 36.5 Å². The first-order valence-corrected chi connectivity index (χ1v) is 7.47. The Morgan fingerprint density at radius 3 is 2.95 bits per heavy atom. The molecule has 0 aliphatic rings. The van der Waals surface area contributed by atoms with Crippen molar-refractivity contribution in [2.24, 2.45) is 0 Å². The lowest BCUT2D eigenvalue weighted by atomic mass is 9.99. The van der Waals surface area contributed by atoms with Crippen LogP contribution >= 0.6 is 0 Å². The number of H-pyrrole nitrogens is 1. The standard InChI is InChI=1S/C17H20N4/c1-2-3-4-7-15-13(6-5-10-19-15)12-8-9-14-16(11-12)20-21-17(14)18/h5-6,8-11H,2-4,7H2,1H3,(H3,18,20,21). The fraction of sp³-hybridized carbons (Fsp3) is 0.294. The smallest absolute Gasteiger partial charge is 0.153 e. The number of aryl methyl sites for hydroxylation is 1. The number of fused-ring (bicyclic) bond motifs is 1. The molecule has 2 aromatic heterocycles. The van der Waals surface area contributed by atoms with E-state index in [2.05, 4.69) is 40.3 Å². The van der Waals surface area contributed by atoms with E-state index in [1.807, 2.05) is 18.3 Å². The molecule has 0 radical (unpaired) electrons. The number of aromatic amines is 1. The molecular weight excluding hydrogens is 260 g/mol. The highest BCUT2D eigenvalue weighted by molar-refractivity contribution is 5.91. The van der Waals surface area contributed by atoms with E-state index in [0.29, 0.717) is 5.82 Å². The molecule has 0 bridgehead atoms. The Balaban J connectivity index is 1.97. The van der Waals surface area contributed by atoms with Crippen molar-refractivity contribution in [1.82, 2.24) is 15.2 Å². The number of unbranched alkanes of at least 4 members (excludes halogenated alkanes) is 2. The van der Waals surface area contributed by atoms with Crippen LogP contribution in [0.5, 0.6) is 0 Å². The quantitative estimate of drug-likeness (QED) is 0.696. The molecule has 0 spiro atoms. The second kappa shape index (κ2) is 5.95. The molecule has 0 aliphatic carbocycles. The van der Waals surface area contributed by atoms with E-state index in [4.69, 9.17) is 5.73 Å². The van der Waals surface area contributed by atoms with Crippen LogP contribution in [0.25, 0.3) is 22.0 Å². The molecule has 3 N–H and O–H groups in total. The van der Waals surface area contributed by atoms with Crippen LogP contribution in [0.1, 0.15) is 31.9 Å². The van der Waals surface area contributed by atoms with E-state index in [0.717, 1.165) is 28.6 Å². The normalized spacial score (nSPS) is 11.1. The Labute approximate surface area is 124 Å². The number of nitrogen functional groups attached to an aromatic ring is 1. The lowest BCUT2D eigenvalue weighted by molar-refractivity contribution is 0.708. The third kappa shape index (κ3) is 2.75.